The average molecular weight is 497 g/mol. The zero-order valence-electron chi connectivity index (χ0n) is 18.2. The normalized spacial score (nSPS) is 12.5. The molecule has 170 valence electrons. The molecule has 0 saturated heterocycles. The first-order chi connectivity index (χ1) is 15.0. The highest BCUT2D eigenvalue weighted by Crippen LogP contribution is 2.45. The number of aromatic nitrogens is 3. The Labute approximate surface area is 200 Å². The van der Waals surface area contributed by atoms with Gasteiger partial charge in [0.25, 0.3) is 0 Å². The van der Waals surface area contributed by atoms with Crippen LogP contribution in [0.25, 0.3) is 11.1 Å². The van der Waals surface area contributed by atoms with Crippen molar-refractivity contribution in [2.24, 2.45) is 0 Å². The van der Waals surface area contributed by atoms with Crippen molar-refractivity contribution < 1.29 is 13.9 Å². The van der Waals surface area contributed by atoms with Gasteiger partial charge in [0, 0.05) is 46.4 Å². The molecule has 0 aliphatic heterocycles. The number of carbonyl (C=O) groups excluding carboxylic acids is 1. The highest BCUT2D eigenvalue weighted by Gasteiger charge is 2.26. The monoisotopic (exact) mass is 496 g/mol. The average Bonchev–Trinajstić information content (AvgIpc) is 3.24. The lowest BCUT2D eigenvalue weighted by molar-refractivity contribution is 0.0587. The number of hydrogen-bond acceptors (Lipinski definition) is 5. The lowest BCUT2D eigenvalue weighted by Crippen LogP contribution is -2.34. The minimum Gasteiger partial charge on any atom is -0.443 e. The molecule has 6 nitrogen and oxygen atoms in total. The van der Waals surface area contributed by atoms with E-state index in [4.69, 9.17) is 27.9 Å². The molecular weight excluding hydrogens is 474 g/mol. The third kappa shape index (κ3) is 5.54. The van der Waals surface area contributed by atoms with Gasteiger partial charge in [-0.2, -0.15) is 5.10 Å². The van der Waals surface area contributed by atoms with Gasteiger partial charge >= 0.3 is 6.09 Å². The SMILES string of the molecule is CC(Sc1cc(-c2cn[nH]c2)cnc1N(C)C(=O)OC(C)(C)C)c1c(Cl)ccc(F)c1Cl. The van der Waals surface area contributed by atoms with E-state index in [1.165, 1.54) is 28.8 Å². The number of ether oxygens (including phenoxy) is 1. The van der Waals surface area contributed by atoms with Crippen LogP contribution >= 0.6 is 35.0 Å². The van der Waals surface area contributed by atoms with Crippen LogP contribution in [0.1, 0.15) is 38.5 Å². The number of nitrogens with zero attached hydrogens (tertiary/aromatic N) is 3. The van der Waals surface area contributed by atoms with Crippen molar-refractivity contribution in [2.75, 3.05) is 11.9 Å². The van der Waals surface area contributed by atoms with Gasteiger partial charge in [-0.1, -0.05) is 23.2 Å². The first-order valence-electron chi connectivity index (χ1n) is 9.74. The number of carbonyl (C=O) groups is 1. The second-order valence-corrected chi connectivity index (χ2v) is 10.3. The summed E-state index contributed by atoms with van der Waals surface area (Å²) in [4.78, 5) is 19.2. The number of hydrogen-bond donors (Lipinski definition) is 1. The van der Waals surface area contributed by atoms with Crippen LogP contribution in [0.3, 0.4) is 0 Å². The molecule has 3 rings (SSSR count). The molecule has 0 spiro atoms. The molecule has 1 aromatic carbocycles. The third-order valence-electron chi connectivity index (χ3n) is 4.44. The highest BCUT2D eigenvalue weighted by molar-refractivity contribution is 7.99. The number of pyridine rings is 1. The molecular formula is C22H23Cl2FN4O2S. The molecule has 10 heteroatoms. The molecule has 0 saturated carbocycles. The van der Waals surface area contributed by atoms with Gasteiger partial charge in [-0.05, 0) is 45.9 Å². The Morgan fingerprint density at radius 2 is 1.97 bits per heavy atom. The minimum absolute atomic E-state index is 0.0292. The second kappa shape index (κ2) is 9.68. The van der Waals surface area contributed by atoms with Gasteiger partial charge < -0.3 is 4.74 Å². The Kier molecular flexibility index (Phi) is 7.37. The maximum absolute atomic E-state index is 14.1. The number of nitrogens with one attached hydrogen (secondary N) is 1. The number of thioether (sulfide) groups is 1. The molecule has 1 unspecified atom stereocenters. The van der Waals surface area contributed by atoms with E-state index in [9.17, 15) is 9.18 Å². The summed E-state index contributed by atoms with van der Waals surface area (Å²) in [6, 6.07) is 4.59. The predicted octanol–water partition coefficient (Wildman–Crippen LogP) is 7.14. The summed E-state index contributed by atoms with van der Waals surface area (Å²) in [5.74, 6) is -0.151. The van der Waals surface area contributed by atoms with Crippen molar-refractivity contribution >= 4 is 46.9 Å². The van der Waals surface area contributed by atoms with Crippen molar-refractivity contribution in [2.45, 2.75) is 43.4 Å². The fourth-order valence-electron chi connectivity index (χ4n) is 2.92. The Bertz CT molecular complexity index is 1120. The number of halogens is 3. The first-order valence-corrected chi connectivity index (χ1v) is 11.4. The van der Waals surface area contributed by atoms with Crippen LogP contribution in [0.2, 0.25) is 10.0 Å². The van der Waals surface area contributed by atoms with Gasteiger partial charge in [0.05, 0.1) is 16.1 Å². The number of rotatable bonds is 5. The number of amides is 1. The van der Waals surface area contributed by atoms with Crippen molar-refractivity contribution in [1.82, 2.24) is 15.2 Å². The summed E-state index contributed by atoms with van der Waals surface area (Å²) in [5.41, 5.74) is 1.44. The van der Waals surface area contributed by atoms with Crippen LogP contribution < -0.4 is 4.90 Å². The maximum atomic E-state index is 14.1. The van der Waals surface area contributed by atoms with Crippen LogP contribution in [0.4, 0.5) is 15.0 Å². The Hall–Kier alpha value is -2.29. The summed E-state index contributed by atoms with van der Waals surface area (Å²) < 4.78 is 19.6. The summed E-state index contributed by atoms with van der Waals surface area (Å²) in [5, 5.41) is 6.74. The summed E-state index contributed by atoms with van der Waals surface area (Å²) >= 11 is 13.9. The molecule has 0 radical (unpaired) electrons. The van der Waals surface area contributed by atoms with Crippen molar-refractivity contribution in [3.8, 4) is 11.1 Å². The molecule has 1 N–H and O–H groups in total. The van der Waals surface area contributed by atoms with Crippen LogP contribution in [0.15, 0.2) is 41.7 Å². The number of anilines is 1. The molecule has 2 heterocycles. The fourth-order valence-corrected chi connectivity index (χ4v) is 4.99. The maximum Gasteiger partial charge on any atom is 0.415 e. The number of aromatic amines is 1. The first kappa shape index (κ1) is 24.4. The predicted molar refractivity (Wildman–Crippen MR) is 127 cm³/mol. The van der Waals surface area contributed by atoms with Gasteiger partial charge in [0.2, 0.25) is 0 Å². The molecule has 2 aromatic heterocycles. The quantitative estimate of drug-likeness (QED) is 0.300. The molecule has 3 aromatic rings. The van der Waals surface area contributed by atoms with Crippen molar-refractivity contribution in [1.29, 1.82) is 0 Å². The Morgan fingerprint density at radius 3 is 2.59 bits per heavy atom. The zero-order chi connectivity index (χ0) is 23.6. The minimum atomic E-state index is -0.661. The zero-order valence-corrected chi connectivity index (χ0v) is 20.6. The summed E-state index contributed by atoms with van der Waals surface area (Å²) in [6.45, 7) is 7.23. The fraction of sp³-hybridized carbons (Fsp3) is 0.318. The smallest absolute Gasteiger partial charge is 0.415 e. The molecule has 0 aliphatic carbocycles. The lowest BCUT2D eigenvalue weighted by atomic mass is 10.1. The van der Waals surface area contributed by atoms with Crippen molar-refractivity contribution in [3.05, 3.63) is 58.2 Å². The van der Waals surface area contributed by atoms with Gasteiger partial charge in [-0.15, -0.1) is 11.8 Å². The molecule has 0 aliphatic rings. The van der Waals surface area contributed by atoms with Crippen LogP contribution in [-0.2, 0) is 4.74 Å². The number of benzene rings is 1. The molecule has 1 atom stereocenters. The number of H-pyrrole nitrogens is 1. The van der Waals surface area contributed by atoms with E-state index in [-0.39, 0.29) is 10.3 Å². The molecule has 1 amide bonds. The summed E-state index contributed by atoms with van der Waals surface area (Å²) in [7, 11) is 1.59. The van der Waals surface area contributed by atoms with E-state index < -0.39 is 17.5 Å². The van der Waals surface area contributed by atoms with Gasteiger partial charge in [-0.25, -0.2) is 14.2 Å². The van der Waals surface area contributed by atoms with E-state index in [0.717, 1.165) is 11.1 Å². The molecule has 0 fully saturated rings. The standard InChI is InChI=1S/C22H23Cl2FN4O2S/c1-12(18-15(23)6-7-16(25)19(18)24)32-17-8-13(14-10-27-28-11-14)9-26-20(17)29(5)21(30)31-22(2,3)4/h6-12H,1-5H3,(H,27,28). The van der Waals surface area contributed by atoms with E-state index in [0.29, 0.717) is 21.3 Å². The van der Waals surface area contributed by atoms with Crippen LogP contribution in [-0.4, -0.2) is 33.9 Å². The largest absolute Gasteiger partial charge is 0.443 e. The Balaban J connectivity index is 2.02. The lowest BCUT2D eigenvalue weighted by Gasteiger charge is -2.26. The van der Waals surface area contributed by atoms with Crippen LogP contribution in [0, 0.1) is 5.82 Å². The topological polar surface area (TPSA) is 71.1 Å². The second-order valence-electron chi connectivity index (χ2n) is 8.09. The molecule has 32 heavy (non-hydrogen) atoms. The van der Waals surface area contributed by atoms with E-state index in [1.807, 2.05) is 13.0 Å². The van der Waals surface area contributed by atoms with Gasteiger partial charge in [-0.3, -0.25) is 10.00 Å². The van der Waals surface area contributed by atoms with Gasteiger partial charge in [0.1, 0.15) is 11.4 Å². The summed E-state index contributed by atoms with van der Waals surface area (Å²) in [6.07, 6.45) is 4.52. The van der Waals surface area contributed by atoms with E-state index >= 15 is 0 Å². The molecule has 0 bridgehead atoms. The third-order valence-corrected chi connectivity index (χ3v) is 6.30. The van der Waals surface area contributed by atoms with E-state index in [2.05, 4.69) is 15.2 Å². The van der Waals surface area contributed by atoms with E-state index in [1.54, 1.807) is 46.4 Å². The highest BCUT2D eigenvalue weighted by atomic mass is 35.5. The van der Waals surface area contributed by atoms with Gasteiger partial charge in [0.15, 0.2) is 5.82 Å². The van der Waals surface area contributed by atoms with Crippen molar-refractivity contribution in [3.63, 3.8) is 0 Å². The Morgan fingerprint density at radius 1 is 1.25 bits per heavy atom. The van der Waals surface area contributed by atoms with Crippen LogP contribution in [0.5, 0.6) is 0 Å².